The molecule has 0 aliphatic carbocycles. The molecule has 1 saturated heterocycles. The van der Waals surface area contributed by atoms with Crippen LogP contribution < -0.4 is 5.32 Å². The van der Waals surface area contributed by atoms with Crippen LogP contribution in [0.5, 0.6) is 0 Å². The zero-order chi connectivity index (χ0) is 12.0. The fourth-order valence-electron chi connectivity index (χ4n) is 1.82. The lowest BCUT2D eigenvalue weighted by molar-refractivity contribution is -0.149. The Labute approximate surface area is 95.8 Å². The predicted octanol–water partition coefficient (Wildman–Crippen LogP) is -0.114. The summed E-state index contributed by atoms with van der Waals surface area (Å²) in [6.07, 6.45) is 3.05. The average molecular weight is 228 g/mol. The molecule has 1 atom stereocenters. The van der Waals surface area contributed by atoms with Crippen LogP contribution in [0.4, 0.5) is 0 Å². The average Bonchev–Trinajstić information content (AvgIpc) is 2.28. The molecule has 1 heterocycles. The van der Waals surface area contributed by atoms with Gasteiger partial charge in [0.25, 0.3) is 0 Å². The summed E-state index contributed by atoms with van der Waals surface area (Å²) in [6, 6.07) is -0.212. The highest BCUT2D eigenvalue weighted by Gasteiger charge is 2.31. The summed E-state index contributed by atoms with van der Waals surface area (Å²) in [4.78, 5) is 24.7. The lowest BCUT2D eigenvalue weighted by Crippen LogP contribution is -2.57. The number of amides is 2. The summed E-state index contributed by atoms with van der Waals surface area (Å²) in [7, 11) is 0. The summed E-state index contributed by atoms with van der Waals surface area (Å²) < 4.78 is 0. The van der Waals surface area contributed by atoms with Gasteiger partial charge in [0, 0.05) is 13.2 Å². The molecule has 0 radical (unpaired) electrons. The van der Waals surface area contributed by atoms with E-state index >= 15 is 0 Å². The van der Waals surface area contributed by atoms with Crippen LogP contribution >= 0.6 is 0 Å². The van der Waals surface area contributed by atoms with E-state index in [-0.39, 0.29) is 31.0 Å². The molecule has 5 heteroatoms. The van der Waals surface area contributed by atoms with E-state index in [9.17, 15) is 9.59 Å². The maximum absolute atomic E-state index is 11.8. The summed E-state index contributed by atoms with van der Waals surface area (Å²) in [5, 5.41) is 11.5. The summed E-state index contributed by atoms with van der Waals surface area (Å²) in [5.74, 6) is -0.249. The van der Waals surface area contributed by atoms with Crippen molar-refractivity contribution < 1.29 is 14.7 Å². The number of nitrogens with zero attached hydrogens (tertiary/aromatic N) is 1. The van der Waals surface area contributed by atoms with Gasteiger partial charge in [-0.1, -0.05) is 6.92 Å². The summed E-state index contributed by atoms with van der Waals surface area (Å²) in [6.45, 7) is 2.83. The SMILES string of the molecule is CCC1NCC(=O)N(CCCCCO)C1=O. The zero-order valence-corrected chi connectivity index (χ0v) is 9.74. The molecule has 16 heavy (non-hydrogen) atoms. The van der Waals surface area contributed by atoms with Gasteiger partial charge in [-0.05, 0) is 25.7 Å². The van der Waals surface area contributed by atoms with Crippen molar-refractivity contribution in [3.05, 3.63) is 0 Å². The molecule has 92 valence electrons. The number of piperazine rings is 1. The zero-order valence-electron chi connectivity index (χ0n) is 9.74. The van der Waals surface area contributed by atoms with Gasteiger partial charge in [0.15, 0.2) is 0 Å². The van der Waals surface area contributed by atoms with Crippen molar-refractivity contribution in [1.29, 1.82) is 0 Å². The molecule has 1 fully saturated rings. The molecule has 0 aromatic rings. The number of carbonyl (C=O) groups excluding carboxylic acids is 2. The molecule has 0 bridgehead atoms. The molecule has 1 rings (SSSR count). The minimum Gasteiger partial charge on any atom is -0.396 e. The highest BCUT2D eigenvalue weighted by atomic mass is 16.3. The topological polar surface area (TPSA) is 69.6 Å². The minimum absolute atomic E-state index is 0.109. The van der Waals surface area contributed by atoms with E-state index in [4.69, 9.17) is 5.11 Å². The van der Waals surface area contributed by atoms with Crippen molar-refractivity contribution in [3.8, 4) is 0 Å². The van der Waals surface area contributed by atoms with Gasteiger partial charge in [0.2, 0.25) is 11.8 Å². The smallest absolute Gasteiger partial charge is 0.246 e. The van der Waals surface area contributed by atoms with Crippen molar-refractivity contribution in [2.75, 3.05) is 19.7 Å². The van der Waals surface area contributed by atoms with Crippen LogP contribution in [0, 0.1) is 0 Å². The number of aliphatic hydroxyl groups is 1. The van der Waals surface area contributed by atoms with Gasteiger partial charge in [-0.25, -0.2) is 0 Å². The van der Waals surface area contributed by atoms with Gasteiger partial charge in [-0.3, -0.25) is 19.8 Å². The fourth-order valence-corrected chi connectivity index (χ4v) is 1.82. The Kier molecular flexibility index (Phi) is 5.42. The second kappa shape index (κ2) is 6.60. The third kappa shape index (κ3) is 3.28. The van der Waals surface area contributed by atoms with Crippen LogP contribution in [-0.2, 0) is 9.59 Å². The molecule has 0 aromatic carbocycles. The maximum Gasteiger partial charge on any atom is 0.246 e. The van der Waals surface area contributed by atoms with Crippen LogP contribution in [-0.4, -0.2) is 47.6 Å². The molecular weight excluding hydrogens is 208 g/mol. The fraction of sp³-hybridized carbons (Fsp3) is 0.818. The first-order valence-electron chi connectivity index (χ1n) is 5.89. The van der Waals surface area contributed by atoms with Crippen LogP contribution in [0.3, 0.4) is 0 Å². The number of nitrogens with one attached hydrogen (secondary N) is 1. The third-order valence-electron chi connectivity index (χ3n) is 2.81. The van der Waals surface area contributed by atoms with E-state index < -0.39 is 0 Å². The molecule has 1 aliphatic rings. The second-order valence-electron chi connectivity index (χ2n) is 4.01. The van der Waals surface area contributed by atoms with E-state index in [1.54, 1.807) is 0 Å². The first-order chi connectivity index (χ1) is 7.70. The van der Waals surface area contributed by atoms with Crippen molar-refractivity contribution in [2.24, 2.45) is 0 Å². The normalized spacial score (nSPS) is 21.6. The summed E-state index contributed by atoms with van der Waals surface area (Å²) >= 11 is 0. The Morgan fingerprint density at radius 1 is 1.38 bits per heavy atom. The lowest BCUT2D eigenvalue weighted by Gasteiger charge is -2.31. The Hall–Kier alpha value is -0.940. The highest BCUT2D eigenvalue weighted by molar-refractivity contribution is 6.01. The van der Waals surface area contributed by atoms with Crippen molar-refractivity contribution in [3.63, 3.8) is 0 Å². The number of hydrogen-bond acceptors (Lipinski definition) is 4. The first-order valence-corrected chi connectivity index (χ1v) is 5.89. The molecule has 2 N–H and O–H groups in total. The standard InChI is InChI=1S/C11H20N2O3/c1-2-9-11(16)13(10(15)8-12-9)6-4-3-5-7-14/h9,12,14H,2-8H2,1H3. The number of hydrogen-bond donors (Lipinski definition) is 2. The monoisotopic (exact) mass is 228 g/mol. The van der Waals surface area contributed by atoms with E-state index in [1.165, 1.54) is 4.90 Å². The maximum atomic E-state index is 11.8. The van der Waals surface area contributed by atoms with Gasteiger partial charge in [-0.15, -0.1) is 0 Å². The molecular formula is C11H20N2O3. The van der Waals surface area contributed by atoms with Gasteiger partial charge in [-0.2, -0.15) is 0 Å². The molecule has 1 unspecified atom stereocenters. The summed E-state index contributed by atoms with van der Waals surface area (Å²) in [5.41, 5.74) is 0. The van der Waals surface area contributed by atoms with Crippen molar-refractivity contribution in [1.82, 2.24) is 10.2 Å². The Bertz CT molecular complexity index is 256. The van der Waals surface area contributed by atoms with Crippen molar-refractivity contribution >= 4 is 11.8 Å². The third-order valence-corrected chi connectivity index (χ3v) is 2.81. The minimum atomic E-state index is -0.212. The molecule has 0 aromatic heterocycles. The van der Waals surface area contributed by atoms with E-state index in [1.807, 2.05) is 6.92 Å². The van der Waals surface area contributed by atoms with Gasteiger partial charge >= 0.3 is 0 Å². The number of unbranched alkanes of at least 4 members (excludes halogenated alkanes) is 2. The van der Waals surface area contributed by atoms with Crippen LogP contribution in [0.2, 0.25) is 0 Å². The number of imide groups is 1. The number of carbonyl (C=O) groups is 2. The highest BCUT2D eigenvalue weighted by Crippen LogP contribution is 2.08. The Morgan fingerprint density at radius 3 is 2.75 bits per heavy atom. The van der Waals surface area contributed by atoms with E-state index in [0.29, 0.717) is 13.0 Å². The largest absolute Gasteiger partial charge is 0.396 e. The van der Waals surface area contributed by atoms with Crippen LogP contribution in [0.1, 0.15) is 32.6 Å². The lowest BCUT2D eigenvalue weighted by atomic mass is 10.1. The van der Waals surface area contributed by atoms with E-state index in [2.05, 4.69) is 5.32 Å². The second-order valence-corrected chi connectivity index (χ2v) is 4.01. The molecule has 5 nitrogen and oxygen atoms in total. The van der Waals surface area contributed by atoms with Crippen LogP contribution in [0.15, 0.2) is 0 Å². The number of rotatable bonds is 6. The predicted molar refractivity (Wildman–Crippen MR) is 59.7 cm³/mol. The molecule has 0 spiro atoms. The van der Waals surface area contributed by atoms with Crippen LogP contribution in [0.25, 0.3) is 0 Å². The van der Waals surface area contributed by atoms with E-state index in [0.717, 1.165) is 19.3 Å². The van der Waals surface area contributed by atoms with Crippen molar-refractivity contribution in [2.45, 2.75) is 38.6 Å². The molecule has 1 aliphatic heterocycles. The van der Waals surface area contributed by atoms with Gasteiger partial charge < -0.3 is 5.11 Å². The number of aliphatic hydroxyl groups excluding tert-OH is 1. The Balaban J connectivity index is 2.42. The molecule has 0 saturated carbocycles. The quantitative estimate of drug-likeness (QED) is 0.491. The van der Waals surface area contributed by atoms with Gasteiger partial charge in [0.05, 0.1) is 12.6 Å². The first kappa shape index (κ1) is 13.1. The Morgan fingerprint density at radius 2 is 2.12 bits per heavy atom. The van der Waals surface area contributed by atoms with Gasteiger partial charge in [0.1, 0.15) is 0 Å². The molecule has 2 amide bonds.